The van der Waals surface area contributed by atoms with Crippen LogP contribution in [-0.2, 0) is 24.0 Å². The van der Waals surface area contributed by atoms with Crippen LogP contribution in [-0.4, -0.2) is 65.6 Å². The van der Waals surface area contributed by atoms with Crippen molar-refractivity contribution in [3.8, 4) is 0 Å². The van der Waals surface area contributed by atoms with Gasteiger partial charge in [-0.2, -0.15) is 0 Å². The largest absolute Gasteiger partial charge is 0.352 e. The number of carbonyl (C=O) groups is 6. The molecular weight excluding hydrogens is 540 g/mol. The number of hydrogen-bond acceptors (Lipinski definition) is 6. The van der Waals surface area contributed by atoms with Gasteiger partial charge in [-0.25, -0.2) is 4.79 Å². The van der Waals surface area contributed by atoms with Crippen molar-refractivity contribution in [1.82, 2.24) is 20.9 Å². The summed E-state index contributed by atoms with van der Waals surface area (Å²) < 4.78 is 0. The standard InChI is InChI=1S/C30H41N6O6/c1-20-12-14-22(15-13-20)33-28(40)23(10-7-18-32-30(31)42)34-29(41)27(21-8-4-5-9-21)35-24(37)11-3-2-6-19-36-25(38)16-17-26(36)39/h12-17,21,23,27H,1-11,18-19H2,(H,33,40)(H,34,41)(H,35,37)(H3,31,32,42)/t23-,27-/m1/s1. The number of benzene rings is 1. The van der Waals surface area contributed by atoms with Gasteiger partial charge in [-0.3, -0.25) is 28.9 Å². The Morgan fingerprint density at radius 2 is 1.57 bits per heavy atom. The van der Waals surface area contributed by atoms with E-state index in [9.17, 15) is 28.8 Å². The summed E-state index contributed by atoms with van der Waals surface area (Å²) in [4.78, 5) is 75.1. The molecule has 0 aromatic heterocycles. The third kappa shape index (κ3) is 10.3. The number of nitrogens with zero attached hydrogens (tertiary/aromatic N) is 1. The number of hydrogen-bond donors (Lipinski definition) is 5. The van der Waals surface area contributed by atoms with Crippen LogP contribution in [0.5, 0.6) is 0 Å². The molecule has 1 aromatic carbocycles. The average molecular weight is 582 g/mol. The smallest absolute Gasteiger partial charge is 0.312 e. The Balaban J connectivity index is 1.56. The molecule has 42 heavy (non-hydrogen) atoms. The highest BCUT2D eigenvalue weighted by atomic mass is 16.2. The number of nitrogens with one attached hydrogen (secondary N) is 4. The van der Waals surface area contributed by atoms with Crippen LogP contribution in [0.3, 0.4) is 0 Å². The molecule has 2 aliphatic rings. The summed E-state index contributed by atoms with van der Waals surface area (Å²) in [6.07, 6.45) is 8.59. The van der Waals surface area contributed by atoms with Gasteiger partial charge >= 0.3 is 6.03 Å². The molecule has 0 spiro atoms. The highest BCUT2D eigenvalue weighted by molar-refractivity contribution is 6.12. The number of amides is 7. The van der Waals surface area contributed by atoms with Crippen LogP contribution in [0.2, 0.25) is 0 Å². The first-order chi connectivity index (χ1) is 20.1. The molecule has 1 fully saturated rings. The Morgan fingerprint density at radius 1 is 0.905 bits per heavy atom. The Labute approximate surface area is 246 Å². The average Bonchev–Trinajstić information content (AvgIpc) is 3.60. The lowest BCUT2D eigenvalue weighted by atomic mass is 9.96. The molecular formula is C30H41N6O6. The minimum absolute atomic E-state index is 0.0431. The Morgan fingerprint density at radius 3 is 2.21 bits per heavy atom. The second-order valence-electron chi connectivity index (χ2n) is 10.7. The first kappa shape index (κ1) is 32.3. The van der Waals surface area contributed by atoms with Gasteiger partial charge in [0, 0.05) is 37.3 Å². The number of carbonyl (C=O) groups excluding carboxylic acids is 6. The van der Waals surface area contributed by atoms with E-state index in [0.717, 1.165) is 31.2 Å². The third-order valence-corrected chi connectivity index (χ3v) is 7.48. The van der Waals surface area contributed by atoms with Crippen LogP contribution >= 0.6 is 0 Å². The monoisotopic (exact) mass is 581 g/mol. The summed E-state index contributed by atoms with van der Waals surface area (Å²) in [7, 11) is 0. The molecule has 1 aliphatic carbocycles. The van der Waals surface area contributed by atoms with Crippen LogP contribution in [0, 0.1) is 12.8 Å². The molecule has 7 amide bonds. The van der Waals surface area contributed by atoms with Gasteiger partial charge in [0.25, 0.3) is 11.8 Å². The number of urea groups is 1. The molecule has 1 aliphatic heterocycles. The number of nitrogens with two attached hydrogens (primary N) is 1. The lowest BCUT2D eigenvalue weighted by molar-refractivity contribution is -0.137. The molecule has 6 N–H and O–H groups in total. The number of anilines is 1. The quantitative estimate of drug-likeness (QED) is 0.147. The van der Waals surface area contributed by atoms with Crippen LogP contribution in [0.4, 0.5) is 10.5 Å². The molecule has 1 heterocycles. The minimum Gasteiger partial charge on any atom is -0.352 e. The van der Waals surface area contributed by atoms with E-state index in [1.807, 2.05) is 0 Å². The van der Waals surface area contributed by atoms with Crippen molar-refractivity contribution in [2.24, 2.45) is 11.7 Å². The first-order valence-corrected chi connectivity index (χ1v) is 14.5. The minimum atomic E-state index is -0.905. The van der Waals surface area contributed by atoms with E-state index >= 15 is 0 Å². The predicted octanol–water partition coefficient (Wildman–Crippen LogP) is 1.90. The fourth-order valence-electron chi connectivity index (χ4n) is 5.18. The molecule has 1 aromatic rings. The van der Waals surface area contributed by atoms with E-state index in [1.165, 1.54) is 17.1 Å². The maximum Gasteiger partial charge on any atom is 0.312 e. The van der Waals surface area contributed by atoms with Crippen molar-refractivity contribution >= 4 is 41.3 Å². The maximum absolute atomic E-state index is 13.5. The highest BCUT2D eigenvalue weighted by Crippen LogP contribution is 2.28. The van der Waals surface area contributed by atoms with Gasteiger partial charge in [0.2, 0.25) is 17.7 Å². The Hall–Kier alpha value is -4.22. The van der Waals surface area contributed by atoms with Crippen molar-refractivity contribution in [3.63, 3.8) is 0 Å². The molecule has 227 valence electrons. The maximum atomic E-state index is 13.5. The predicted molar refractivity (Wildman–Crippen MR) is 156 cm³/mol. The summed E-state index contributed by atoms with van der Waals surface area (Å²) in [6.45, 7) is 4.38. The second kappa shape index (κ2) is 16.3. The second-order valence-corrected chi connectivity index (χ2v) is 10.7. The summed E-state index contributed by atoms with van der Waals surface area (Å²) in [5, 5.41) is 11.0. The van der Waals surface area contributed by atoms with Crippen LogP contribution < -0.4 is 27.0 Å². The van der Waals surface area contributed by atoms with E-state index in [4.69, 9.17) is 5.73 Å². The Kier molecular flexibility index (Phi) is 12.5. The van der Waals surface area contributed by atoms with Crippen molar-refractivity contribution in [2.75, 3.05) is 18.4 Å². The topological polar surface area (TPSA) is 180 Å². The molecule has 0 saturated heterocycles. The lowest BCUT2D eigenvalue weighted by Crippen LogP contribution is -2.55. The summed E-state index contributed by atoms with van der Waals surface area (Å²) in [5.74, 6) is -1.80. The Bertz CT molecular complexity index is 1140. The van der Waals surface area contributed by atoms with Crippen LogP contribution in [0.15, 0.2) is 36.4 Å². The number of unbranched alkanes of at least 4 members (excludes halogenated alkanes) is 2. The normalized spacial score (nSPS) is 16.3. The number of imide groups is 1. The summed E-state index contributed by atoms with van der Waals surface area (Å²) in [5.41, 5.74) is 6.48. The summed E-state index contributed by atoms with van der Waals surface area (Å²) in [6, 6.07) is 4.59. The van der Waals surface area contributed by atoms with E-state index in [2.05, 4.69) is 28.2 Å². The van der Waals surface area contributed by atoms with Crippen molar-refractivity contribution in [1.29, 1.82) is 0 Å². The number of rotatable bonds is 16. The first-order valence-electron chi connectivity index (χ1n) is 14.5. The molecule has 1 radical (unpaired) electrons. The third-order valence-electron chi connectivity index (χ3n) is 7.48. The van der Waals surface area contributed by atoms with Gasteiger partial charge in [0.15, 0.2) is 0 Å². The van der Waals surface area contributed by atoms with E-state index < -0.39 is 29.9 Å². The SMILES string of the molecule is [CH2]c1ccc(NC(=O)[C@@H](CCCNC(N)=O)NC(=O)[C@H](NC(=O)CCCCCN2C(=O)C=CC2=O)C2CCCC2)cc1. The van der Waals surface area contributed by atoms with Gasteiger partial charge in [0.05, 0.1) is 0 Å². The van der Waals surface area contributed by atoms with E-state index in [-0.39, 0.29) is 43.0 Å². The van der Waals surface area contributed by atoms with Gasteiger partial charge in [-0.15, -0.1) is 0 Å². The van der Waals surface area contributed by atoms with Gasteiger partial charge in [-0.1, -0.05) is 31.4 Å². The zero-order chi connectivity index (χ0) is 30.5. The van der Waals surface area contributed by atoms with Crippen molar-refractivity contribution < 1.29 is 28.8 Å². The highest BCUT2D eigenvalue weighted by Gasteiger charge is 2.34. The zero-order valence-corrected chi connectivity index (χ0v) is 23.9. The molecule has 0 unspecified atom stereocenters. The van der Waals surface area contributed by atoms with Gasteiger partial charge in [0.1, 0.15) is 12.1 Å². The molecule has 12 heteroatoms. The molecule has 3 rings (SSSR count). The van der Waals surface area contributed by atoms with Crippen molar-refractivity contribution in [2.45, 2.75) is 76.3 Å². The molecule has 0 bridgehead atoms. The van der Waals surface area contributed by atoms with Crippen LogP contribution in [0.25, 0.3) is 0 Å². The fraction of sp³-hybridized carbons (Fsp3) is 0.500. The summed E-state index contributed by atoms with van der Waals surface area (Å²) >= 11 is 0. The van der Waals surface area contributed by atoms with Crippen molar-refractivity contribution in [3.05, 3.63) is 48.9 Å². The van der Waals surface area contributed by atoms with Gasteiger partial charge < -0.3 is 27.0 Å². The molecule has 2 atom stereocenters. The zero-order valence-electron chi connectivity index (χ0n) is 23.9. The lowest BCUT2D eigenvalue weighted by Gasteiger charge is -2.27. The fourth-order valence-corrected chi connectivity index (χ4v) is 5.18. The van der Waals surface area contributed by atoms with E-state index in [0.29, 0.717) is 37.9 Å². The van der Waals surface area contributed by atoms with Gasteiger partial charge in [-0.05, 0) is 69.1 Å². The number of primary amides is 1. The molecule has 12 nitrogen and oxygen atoms in total. The van der Waals surface area contributed by atoms with E-state index in [1.54, 1.807) is 24.3 Å². The molecule has 1 saturated carbocycles. The van der Waals surface area contributed by atoms with Crippen LogP contribution in [0.1, 0.15) is 69.8 Å².